The smallest absolute Gasteiger partial charge is 0.289 e. The average molecular weight is 537 g/mol. The number of halogens is 1. The van der Waals surface area contributed by atoms with Crippen LogP contribution in [-0.2, 0) is 20.0 Å². The monoisotopic (exact) mass is 536 g/mol. The minimum atomic E-state index is -4.42. The molecule has 1 aliphatic rings. The summed E-state index contributed by atoms with van der Waals surface area (Å²) in [6.45, 7) is 1.31. The number of sulfonamides is 2. The van der Waals surface area contributed by atoms with Gasteiger partial charge in [0.15, 0.2) is 4.90 Å². The number of para-hydroxylation sites is 2. The first kappa shape index (κ1) is 24.8. The molecule has 3 aromatic rings. The Kier molecular flexibility index (Phi) is 6.88. The molecule has 1 aliphatic heterocycles. The van der Waals surface area contributed by atoms with Crippen molar-refractivity contribution in [1.29, 1.82) is 0 Å². The molecule has 0 radical (unpaired) electrons. The van der Waals surface area contributed by atoms with E-state index in [9.17, 15) is 26.9 Å². The topological polar surface area (TPSA) is 139 Å². The van der Waals surface area contributed by atoms with Crippen molar-refractivity contribution in [3.05, 3.63) is 81.9 Å². The summed E-state index contributed by atoms with van der Waals surface area (Å²) >= 11 is 6.08. The Morgan fingerprint density at radius 3 is 2.14 bits per heavy atom. The van der Waals surface area contributed by atoms with Crippen LogP contribution in [0.25, 0.3) is 0 Å². The zero-order valence-corrected chi connectivity index (χ0v) is 20.6. The molecule has 0 spiro atoms. The number of anilines is 3. The maximum atomic E-state index is 13.2. The van der Waals surface area contributed by atoms with E-state index in [2.05, 4.69) is 9.44 Å². The molecule has 0 bridgehead atoms. The third kappa shape index (κ3) is 5.34. The summed E-state index contributed by atoms with van der Waals surface area (Å²) in [5, 5.41) is 11.6. The van der Waals surface area contributed by atoms with E-state index >= 15 is 0 Å². The van der Waals surface area contributed by atoms with Crippen molar-refractivity contribution in [1.82, 2.24) is 0 Å². The van der Waals surface area contributed by atoms with Gasteiger partial charge in [-0.3, -0.25) is 19.6 Å². The highest BCUT2D eigenvalue weighted by molar-refractivity contribution is 7.93. The largest absolute Gasteiger partial charge is 0.370 e. The number of rotatable bonds is 8. The second-order valence-electron chi connectivity index (χ2n) is 7.79. The van der Waals surface area contributed by atoms with Crippen LogP contribution in [0.5, 0.6) is 0 Å². The van der Waals surface area contributed by atoms with E-state index in [-0.39, 0.29) is 21.3 Å². The minimum absolute atomic E-state index is 0.00733. The van der Waals surface area contributed by atoms with Crippen molar-refractivity contribution in [3.8, 4) is 0 Å². The summed E-state index contributed by atoms with van der Waals surface area (Å²) in [5.74, 6) is 0. The van der Waals surface area contributed by atoms with Gasteiger partial charge >= 0.3 is 0 Å². The van der Waals surface area contributed by atoms with E-state index in [1.54, 1.807) is 12.1 Å². The van der Waals surface area contributed by atoms with E-state index in [4.69, 9.17) is 11.6 Å². The fourth-order valence-electron chi connectivity index (χ4n) is 3.78. The Bertz CT molecular complexity index is 1490. The molecule has 1 fully saturated rings. The fourth-order valence-corrected chi connectivity index (χ4v) is 6.36. The van der Waals surface area contributed by atoms with Gasteiger partial charge in [0.2, 0.25) is 0 Å². The SMILES string of the molecule is O=[N+]([O-])c1ccccc1S(=O)(=O)Nc1cc(S(=O)(=O)Nc2ccccc2Cl)ccc1N1CCCC1. The van der Waals surface area contributed by atoms with Crippen LogP contribution in [0, 0.1) is 10.1 Å². The van der Waals surface area contributed by atoms with Crippen LogP contribution in [0.3, 0.4) is 0 Å². The number of nitro groups is 1. The molecular weight excluding hydrogens is 516 g/mol. The molecule has 0 amide bonds. The van der Waals surface area contributed by atoms with Gasteiger partial charge in [-0.25, -0.2) is 16.8 Å². The second kappa shape index (κ2) is 9.72. The van der Waals surface area contributed by atoms with E-state index < -0.39 is 35.6 Å². The molecule has 0 atom stereocenters. The van der Waals surface area contributed by atoms with Gasteiger partial charge in [-0.1, -0.05) is 35.9 Å². The lowest BCUT2D eigenvalue weighted by atomic mass is 10.2. The van der Waals surface area contributed by atoms with Crippen LogP contribution < -0.4 is 14.3 Å². The molecule has 1 heterocycles. The number of nitrogens with zero attached hydrogens (tertiary/aromatic N) is 2. The maximum Gasteiger partial charge on any atom is 0.289 e. The van der Waals surface area contributed by atoms with E-state index in [1.165, 1.54) is 42.5 Å². The van der Waals surface area contributed by atoms with Crippen molar-refractivity contribution >= 4 is 54.4 Å². The lowest BCUT2D eigenvalue weighted by Gasteiger charge is -2.23. The predicted octanol–water partition coefficient (Wildman–Crippen LogP) is 4.45. The molecule has 3 aromatic carbocycles. The van der Waals surface area contributed by atoms with Crippen LogP contribution in [0.2, 0.25) is 5.02 Å². The van der Waals surface area contributed by atoms with Crippen LogP contribution in [-0.4, -0.2) is 34.8 Å². The van der Waals surface area contributed by atoms with Crippen molar-refractivity contribution in [2.24, 2.45) is 0 Å². The lowest BCUT2D eigenvalue weighted by Crippen LogP contribution is -2.22. The Hall–Kier alpha value is -3.35. The minimum Gasteiger partial charge on any atom is -0.370 e. The zero-order valence-electron chi connectivity index (χ0n) is 18.2. The van der Waals surface area contributed by atoms with Crippen molar-refractivity contribution in [2.75, 3.05) is 27.4 Å². The van der Waals surface area contributed by atoms with E-state index in [0.29, 0.717) is 18.8 Å². The molecular formula is C22H21ClN4O6S2. The Balaban J connectivity index is 1.77. The lowest BCUT2D eigenvalue weighted by molar-refractivity contribution is -0.387. The average Bonchev–Trinajstić information content (AvgIpc) is 3.35. The first-order chi connectivity index (χ1) is 16.6. The quantitative estimate of drug-likeness (QED) is 0.320. The van der Waals surface area contributed by atoms with Gasteiger partial charge < -0.3 is 4.90 Å². The van der Waals surface area contributed by atoms with Crippen LogP contribution >= 0.6 is 11.6 Å². The molecule has 13 heteroatoms. The second-order valence-corrected chi connectivity index (χ2v) is 11.5. The van der Waals surface area contributed by atoms with Crippen LogP contribution in [0.4, 0.5) is 22.7 Å². The number of hydrogen-bond acceptors (Lipinski definition) is 7. The number of benzene rings is 3. The normalized spacial score (nSPS) is 14.0. The molecule has 0 saturated carbocycles. The maximum absolute atomic E-state index is 13.2. The summed E-state index contributed by atoms with van der Waals surface area (Å²) in [6, 6.07) is 15.3. The number of nitro benzene ring substituents is 1. The zero-order chi connectivity index (χ0) is 25.2. The number of hydrogen-bond donors (Lipinski definition) is 2. The third-order valence-corrected chi connectivity index (χ3v) is 8.54. The molecule has 1 saturated heterocycles. The van der Waals surface area contributed by atoms with Crippen molar-refractivity contribution < 1.29 is 21.8 Å². The molecule has 0 unspecified atom stereocenters. The Morgan fingerprint density at radius 2 is 1.46 bits per heavy atom. The van der Waals surface area contributed by atoms with Gasteiger partial charge in [0.05, 0.1) is 31.9 Å². The first-order valence-corrected chi connectivity index (χ1v) is 13.9. The van der Waals surface area contributed by atoms with Gasteiger partial charge in [0.1, 0.15) is 0 Å². The van der Waals surface area contributed by atoms with Crippen molar-refractivity contribution in [2.45, 2.75) is 22.6 Å². The highest BCUT2D eigenvalue weighted by Crippen LogP contribution is 2.35. The summed E-state index contributed by atoms with van der Waals surface area (Å²) in [5.41, 5.74) is 0.0418. The summed E-state index contributed by atoms with van der Waals surface area (Å²) in [7, 11) is -8.56. The molecule has 2 N–H and O–H groups in total. The number of nitrogens with one attached hydrogen (secondary N) is 2. The van der Waals surface area contributed by atoms with Crippen molar-refractivity contribution in [3.63, 3.8) is 0 Å². The predicted molar refractivity (Wildman–Crippen MR) is 134 cm³/mol. The van der Waals surface area contributed by atoms with Gasteiger partial charge in [0.25, 0.3) is 25.7 Å². The van der Waals surface area contributed by atoms with Gasteiger partial charge in [0, 0.05) is 19.2 Å². The fraction of sp³-hybridized carbons (Fsp3) is 0.182. The van der Waals surface area contributed by atoms with Crippen LogP contribution in [0.15, 0.2) is 76.5 Å². The Labute approximate surface area is 207 Å². The standard InChI is InChI=1S/C22H21ClN4O6S2/c23-17-7-1-2-8-18(17)24-34(30,31)16-11-12-20(26-13-5-6-14-26)19(15-16)25-35(32,33)22-10-4-3-9-21(22)27(28)29/h1-4,7-12,15,24-25H,5-6,13-14H2. The molecule has 184 valence electrons. The summed E-state index contributed by atoms with van der Waals surface area (Å²) in [6.07, 6.45) is 1.79. The highest BCUT2D eigenvalue weighted by atomic mass is 35.5. The summed E-state index contributed by atoms with van der Waals surface area (Å²) in [4.78, 5) is 11.8. The molecule has 4 rings (SSSR count). The molecule has 10 nitrogen and oxygen atoms in total. The van der Waals surface area contributed by atoms with Gasteiger partial charge in [-0.2, -0.15) is 0 Å². The van der Waals surface area contributed by atoms with E-state index in [0.717, 1.165) is 25.0 Å². The van der Waals surface area contributed by atoms with Gasteiger partial charge in [-0.05, 0) is 49.2 Å². The highest BCUT2D eigenvalue weighted by Gasteiger charge is 2.28. The van der Waals surface area contributed by atoms with Gasteiger partial charge in [-0.15, -0.1) is 0 Å². The molecule has 0 aromatic heterocycles. The summed E-state index contributed by atoms with van der Waals surface area (Å²) < 4.78 is 57.3. The molecule has 0 aliphatic carbocycles. The molecule has 35 heavy (non-hydrogen) atoms. The first-order valence-electron chi connectivity index (χ1n) is 10.5. The Morgan fingerprint density at radius 1 is 0.829 bits per heavy atom. The van der Waals surface area contributed by atoms with E-state index in [1.807, 2.05) is 4.90 Å². The third-order valence-electron chi connectivity index (χ3n) is 5.44. The van der Waals surface area contributed by atoms with Crippen LogP contribution in [0.1, 0.15) is 12.8 Å².